The first-order valence-electron chi connectivity index (χ1n) is 11.1. The number of allylic oxidation sites excluding steroid dienone is 3. The molecular formula is C25H25F3N4O. The van der Waals surface area contributed by atoms with Crippen LogP contribution in [0.15, 0.2) is 54.1 Å². The summed E-state index contributed by atoms with van der Waals surface area (Å²) in [4.78, 5) is 15.1. The molecule has 2 aliphatic rings. The van der Waals surface area contributed by atoms with E-state index in [-0.39, 0.29) is 17.9 Å². The number of nitriles is 1. The van der Waals surface area contributed by atoms with E-state index < -0.39 is 11.7 Å². The van der Waals surface area contributed by atoms with Crippen LogP contribution in [-0.2, 0) is 6.18 Å². The van der Waals surface area contributed by atoms with Crippen molar-refractivity contribution >= 4 is 5.91 Å². The van der Waals surface area contributed by atoms with Gasteiger partial charge in [-0.25, -0.2) is 0 Å². The molecule has 33 heavy (non-hydrogen) atoms. The highest BCUT2D eigenvalue weighted by Gasteiger charge is 2.34. The predicted molar refractivity (Wildman–Crippen MR) is 118 cm³/mol. The molecule has 0 saturated heterocycles. The Morgan fingerprint density at radius 3 is 2.61 bits per heavy atom. The van der Waals surface area contributed by atoms with Crippen LogP contribution >= 0.6 is 0 Å². The van der Waals surface area contributed by atoms with Gasteiger partial charge in [-0.1, -0.05) is 44.1 Å². The van der Waals surface area contributed by atoms with Gasteiger partial charge in [0.05, 0.1) is 23.4 Å². The summed E-state index contributed by atoms with van der Waals surface area (Å²) >= 11 is 0. The molecule has 0 bridgehead atoms. The Morgan fingerprint density at radius 1 is 1.24 bits per heavy atom. The van der Waals surface area contributed by atoms with Crippen LogP contribution in [0.4, 0.5) is 13.2 Å². The van der Waals surface area contributed by atoms with Crippen LogP contribution in [0.1, 0.15) is 54.7 Å². The molecule has 0 fully saturated rings. The fourth-order valence-electron chi connectivity index (χ4n) is 4.36. The van der Waals surface area contributed by atoms with Gasteiger partial charge in [0.25, 0.3) is 5.91 Å². The molecule has 4 rings (SSSR count). The van der Waals surface area contributed by atoms with Crippen LogP contribution in [0.2, 0.25) is 0 Å². The van der Waals surface area contributed by atoms with Crippen molar-refractivity contribution in [1.82, 2.24) is 14.7 Å². The Bertz CT molecular complexity index is 1120. The maximum atomic E-state index is 13.3. The van der Waals surface area contributed by atoms with Gasteiger partial charge in [0, 0.05) is 24.2 Å². The van der Waals surface area contributed by atoms with Gasteiger partial charge >= 0.3 is 6.18 Å². The van der Waals surface area contributed by atoms with Crippen LogP contribution < -0.4 is 0 Å². The highest BCUT2D eigenvalue weighted by atomic mass is 19.4. The third-order valence-electron chi connectivity index (χ3n) is 6.19. The monoisotopic (exact) mass is 454 g/mol. The average molecular weight is 454 g/mol. The van der Waals surface area contributed by atoms with E-state index in [0.29, 0.717) is 42.0 Å². The van der Waals surface area contributed by atoms with Gasteiger partial charge in [0.2, 0.25) is 0 Å². The van der Waals surface area contributed by atoms with Gasteiger partial charge in [-0.15, -0.1) is 0 Å². The zero-order valence-corrected chi connectivity index (χ0v) is 18.3. The highest BCUT2D eigenvalue weighted by Crippen LogP contribution is 2.33. The third-order valence-corrected chi connectivity index (χ3v) is 6.19. The van der Waals surface area contributed by atoms with Crippen LogP contribution in [0.5, 0.6) is 0 Å². The lowest BCUT2D eigenvalue weighted by molar-refractivity contribution is -0.137. The number of unbranched alkanes of at least 4 members (excludes halogenated alkanes) is 1. The third kappa shape index (κ3) is 4.87. The van der Waals surface area contributed by atoms with E-state index in [0.717, 1.165) is 31.4 Å². The van der Waals surface area contributed by atoms with Crippen molar-refractivity contribution in [2.75, 3.05) is 13.1 Å². The maximum Gasteiger partial charge on any atom is 0.416 e. The molecule has 0 saturated carbocycles. The number of rotatable bonds is 6. The van der Waals surface area contributed by atoms with Gasteiger partial charge < -0.3 is 4.90 Å². The first kappa shape index (κ1) is 22.8. The molecule has 2 atom stereocenters. The molecule has 2 unspecified atom stereocenters. The standard InChI is InChI=1S/C25H25F3N4O/c1-2-3-4-21-16-31(15-18-7-5-17(14-29)6-8-18)24(33)23-13-22(30-32(21)23)19-9-11-20(12-10-19)25(26,27)28/h5-7,9-13,18,21H,2-4,8,15-16H2,1H3. The summed E-state index contributed by atoms with van der Waals surface area (Å²) in [6.45, 7) is 3.20. The van der Waals surface area contributed by atoms with Crippen LogP contribution in [0.25, 0.3) is 11.3 Å². The smallest absolute Gasteiger partial charge is 0.335 e. The van der Waals surface area contributed by atoms with Crippen molar-refractivity contribution in [3.8, 4) is 17.3 Å². The Kier molecular flexibility index (Phi) is 6.41. The summed E-state index contributed by atoms with van der Waals surface area (Å²) in [6.07, 6.45) is 4.83. The molecule has 1 aliphatic carbocycles. The first-order valence-corrected chi connectivity index (χ1v) is 11.1. The number of fused-ring (bicyclic) bond motifs is 1. The normalized spacial score (nSPS) is 20.4. The first-order chi connectivity index (χ1) is 15.8. The number of benzene rings is 1. The second kappa shape index (κ2) is 9.26. The molecule has 2 aromatic rings. The van der Waals surface area contributed by atoms with Crippen LogP contribution in [0.3, 0.4) is 0 Å². The van der Waals surface area contributed by atoms with E-state index in [2.05, 4.69) is 18.1 Å². The summed E-state index contributed by atoms with van der Waals surface area (Å²) in [7, 11) is 0. The van der Waals surface area contributed by atoms with Crippen molar-refractivity contribution < 1.29 is 18.0 Å². The SMILES string of the molecule is CCCCC1CN(CC2C=CC(C#N)=CC2)C(=O)c2cc(-c3ccc(C(F)(F)F)cc3)nn21. The van der Waals surface area contributed by atoms with Crippen molar-refractivity contribution in [3.63, 3.8) is 0 Å². The minimum absolute atomic E-state index is 0.0126. The summed E-state index contributed by atoms with van der Waals surface area (Å²) in [5, 5.41) is 13.6. The fraction of sp³-hybridized carbons (Fsp3) is 0.400. The number of hydrogen-bond acceptors (Lipinski definition) is 3. The average Bonchev–Trinajstić information content (AvgIpc) is 3.26. The molecule has 5 nitrogen and oxygen atoms in total. The highest BCUT2D eigenvalue weighted by molar-refractivity contribution is 5.94. The van der Waals surface area contributed by atoms with E-state index in [4.69, 9.17) is 5.26 Å². The summed E-state index contributed by atoms with van der Waals surface area (Å²) in [5.74, 6) is 0.0126. The number of amides is 1. The van der Waals surface area contributed by atoms with Crippen molar-refractivity contribution in [3.05, 3.63) is 65.4 Å². The number of aromatic nitrogens is 2. The predicted octanol–water partition coefficient (Wildman–Crippen LogP) is 5.78. The lowest BCUT2D eigenvalue weighted by atomic mass is 9.95. The van der Waals surface area contributed by atoms with E-state index in [1.54, 1.807) is 16.8 Å². The van der Waals surface area contributed by atoms with Crippen LogP contribution in [0, 0.1) is 17.2 Å². The molecule has 8 heteroatoms. The molecule has 2 heterocycles. The molecule has 1 amide bonds. The van der Waals surface area contributed by atoms with E-state index in [1.807, 2.05) is 17.1 Å². The van der Waals surface area contributed by atoms with Crippen LogP contribution in [-0.4, -0.2) is 33.7 Å². The second-order valence-electron chi connectivity index (χ2n) is 8.57. The molecule has 1 aromatic carbocycles. The zero-order valence-electron chi connectivity index (χ0n) is 18.3. The molecule has 1 aromatic heterocycles. The summed E-state index contributed by atoms with van der Waals surface area (Å²) in [5.41, 5.74) is 1.42. The summed E-state index contributed by atoms with van der Waals surface area (Å²) in [6, 6.07) is 8.69. The quantitative estimate of drug-likeness (QED) is 0.556. The van der Waals surface area contributed by atoms with E-state index >= 15 is 0 Å². The number of nitrogens with zero attached hydrogens (tertiary/aromatic N) is 4. The Labute approximate surface area is 190 Å². The summed E-state index contributed by atoms with van der Waals surface area (Å²) < 4.78 is 40.5. The van der Waals surface area contributed by atoms with Crippen molar-refractivity contribution in [2.24, 2.45) is 5.92 Å². The minimum atomic E-state index is -4.40. The zero-order chi connectivity index (χ0) is 23.6. The number of hydrogen-bond donors (Lipinski definition) is 0. The molecule has 0 N–H and O–H groups in total. The minimum Gasteiger partial charge on any atom is -0.335 e. The maximum absolute atomic E-state index is 13.3. The Morgan fingerprint density at radius 2 is 2.00 bits per heavy atom. The number of alkyl halides is 3. The second-order valence-corrected chi connectivity index (χ2v) is 8.57. The molecular weight excluding hydrogens is 429 g/mol. The molecule has 0 radical (unpaired) electrons. The van der Waals surface area contributed by atoms with Gasteiger partial charge in [0.1, 0.15) is 5.69 Å². The number of halogens is 3. The van der Waals surface area contributed by atoms with E-state index in [9.17, 15) is 18.0 Å². The Hall–Kier alpha value is -3.34. The van der Waals surface area contributed by atoms with Crippen molar-refractivity contribution in [2.45, 2.75) is 44.8 Å². The lowest BCUT2D eigenvalue weighted by Gasteiger charge is -2.35. The fourth-order valence-corrected chi connectivity index (χ4v) is 4.36. The van der Waals surface area contributed by atoms with Gasteiger partial charge in [-0.2, -0.15) is 23.5 Å². The van der Waals surface area contributed by atoms with Gasteiger partial charge in [-0.05, 0) is 43.0 Å². The lowest BCUT2D eigenvalue weighted by Crippen LogP contribution is -2.45. The van der Waals surface area contributed by atoms with Crippen molar-refractivity contribution in [1.29, 1.82) is 5.26 Å². The van der Waals surface area contributed by atoms with Gasteiger partial charge in [-0.3, -0.25) is 9.48 Å². The van der Waals surface area contributed by atoms with Gasteiger partial charge in [0.15, 0.2) is 0 Å². The molecule has 1 aliphatic heterocycles. The Balaban J connectivity index is 1.59. The number of carbonyl (C=O) groups excluding carboxylic acids is 1. The molecule has 0 spiro atoms. The number of carbonyl (C=O) groups is 1. The molecule has 172 valence electrons. The topological polar surface area (TPSA) is 61.9 Å². The van der Waals surface area contributed by atoms with E-state index in [1.165, 1.54) is 12.1 Å². The largest absolute Gasteiger partial charge is 0.416 e.